The molecule has 86 valence electrons. The van der Waals surface area contributed by atoms with Crippen LogP contribution in [0.1, 0.15) is 31.9 Å². The van der Waals surface area contributed by atoms with Crippen LogP contribution in [0.3, 0.4) is 0 Å². The summed E-state index contributed by atoms with van der Waals surface area (Å²) in [5, 5.41) is 0. The summed E-state index contributed by atoms with van der Waals surface area (Å²) in [6.07, 6.45) is 0.847. The molecule has 1 aliphatic rings. The van der Waals surface area contributed by atoms with Crippen LogP contribution in [-0.4, -0.2) is 12.3 Å². The third-order valence-corrected chi connectivity index (χ3v) is 2.84. The van der Waals surface area contributed by atoms with Crippen molar-refractivity contribution >= 4 is 11.4 Å². The average molecular weight is 220 g/mol. The van der Waals surface area contributed by atoms with Crippen LogP contribution in [0.15, 0.2) is 17.1 Å². The molecule has 0 atom stereocenters. The highest BCUT2D eigenvalue weighted by molar-refractivity contribution is 6.06. The van der Waals surface area contributed by atoms with Crippen molar-refractivity contribution < 1.29 is 4.39 Å². The Hall–Kier alpha value is -1.38. The van der Waals surface area contributed by atoms with Crippen LogP contribution < -0.4 is 5.73 Å². The quantitative estimate of drug-likeness (QED) is 0.671. The van der Waals surface area contributed by atoms with Crippen LogP contribution in [0.5, 0.6) is 0 Å². The third kappa shape index (κ3) is 1.82. The monoisotopic (exact) mass is 220 g/mol. The molecule has 0 aromatic heterocycles. The van der Waals surface area contributed by atoms with Crippen LogP contribution in [0.4, 0.5) is 10.1 Å². The summed E-state index contributed by atoms with van der Waals surface area (Å²) >= 11 is 0. The summed E-state index contributed by atoms with van der Waals surface area (Å²) in [6.45, 7) is 7.05. The second kappa shape index (κ2) is 3.58. The Kier molecular flexibility index (Phi) is 2.49. The van der Waals surface area contributed by atoms with E-state index in [1.807, 2.05) is 0 Å². The van der Waals surface area contributed by atoms with E-state index in [4.69, 9.17) is 5.73 Å². The minimum absolute atomic E-state index is 0.0578. The van der Waals surface area contributed by atoms with Gasteiger partial charge in [0.1, 0.15) is 5.82 Å². The predicted molar refractivity (Wildman–Crippen MR) is 65.4 cm³/mol. The third-order valence-electron chi connectivity index (χ3n) is 2.84. The van der Waals surface area contributed by atoms with Crippen LogP contribution in [0.25, 0.3) is 0 Å². The maximum absolute atomic E-state index is 13.5. The van der Waals surface area contributed by atoms with Gasteiger partial charge in [0, 0.05) is 23.2 Å². The number of nitrogens with two attached hydrogens (primary N) is 1. The second-order valence-corrected chi connectivity index (χ2v) is 5.26. The molecule has 0 spiro atoms. The predicted octanol–water partition coefficient (Wildman–Crippen LogP) is 2.80. The van der Waals surface area contributed by atoms with E-state index in [9.17, 15) is 4.39 Å². The van der Waals surface area contributed by atoms with Crippen molar-refractivity contribution in [2.24, 2.45) is 10.4 Å². The molecule has 1 aromatic rings. The van der Waals surface area contributed by atoms with Gasteiger partial charge in [-0.3, -0.25) is 4.99 Å². The van der Waals surface area contributed by atoms with Gasteiger partial charge >= 0.3 is 0 Å². The van der Waals surface area contributed by atoms with E-state index in [1.165, 1.54) is 6.07 Å². The molecular weight excluding hydrogens is 203 g/mol. The van der Waals surface area contributed by atoms with Gasteiger partial charge in [0.25, 0.3) is 0 Å². The average Bonchev–Trinajstić information content (AvgIpc) is 2.17. The molecule has 0 bridgehead atoms. The van der Waals surface area contributed by atoms with Crippen molar-refractivity contribution in [3.8, 4) is 0 Å². The molecule has 3 heteroatoms. The first kappa shape index (κ1) is 11.1. The van der Waals surface area contributed by atoms with E-state index in [2.05, 4.69) is 25.8 Å². The minimum Gasteiger partial charge on any atom is -0.396 e. The number of hydrogen-bond acceptors (Lipinski definition) is 2. The molecule has 0 radical (unpaired) electrons. The van der Waals surface area contributed by atoms with Crippen molar-refractivity contribution in [2.45, 2.75) is 27.2 Å². The van der Waals surface area contributed by atoms with Crippen molar-refractivity contribution in [2.75, 3.05) is 12.3 Å². The van der Waals surface area contributed by atoms with E-state index in [1.54, 1.807) is 6.07 Å². The van der Waals surface area contributed by atoms with Gasteiger partial charge in [0.05, 0.1) is 5.69 Å². The van der Waals surface area contributed by atoms with Gasteiger partial charge in [-0.25, -0.2) is 4.39 Å². The number of halogens is 1. The number of fused-ring (bicyclic) bond motifs is 1. The summed E-state index contributed by atoms with van der Waals surface area (Å²) in [5.74, 6) is -0.349. The maximum atomic E-state index is 13.5. The second-order valence-electron chi connectivity index (χ2n) is 5.26. The Labute approximate surface area is 95.4 Å². The lowest BCUT2D eigenvalue weighted by Crippen LogP contribution is -2.26. The lowest BCUT2D eigenvalue weighted by atomic mass is 9.81. The highest BCUT2D eigenvalue weighted by Gasteiger charge is 2.26. The molecule has 16 heavy (non-hydrogen) atoms. The maximum Gasteiger partial charge on any atom is 0.146 e. The fraction of sp³-hybridized carbons (Fsp3) is 0.462. The molecule has 0 unspecified atom stereocenters. The molecule has 1 aliphatic heterocycles. The van der Waals surface area contributed by atoms with Gasteiger partial charge in [0.15, 0.2) is 0 Å². The van der Waals surface area contributed by atoms with Crippen molar-refractivity contribution in [3.63, 3.8) is 0 Å². The van der Waals surface area contributed by atoms with Crippen LogP contribution in [0, 0.1) is 11.2 Å². The molecular formula is C13H17FN2. The Morgan fingerprint density at radius 2 is 2.00 bits per heavy atom. The zero-order valence-electron chi connectivity index (χ0n) is 9.97. The Bertz CT molecular complexity index is 456. The first-order chi connectivity index (χ1) is 7.39. The van der Waals surface area contributed by atoms with Gasteiger partial charge in [-0.15, -0.1) is 0 Å². The van der Waals surface area contributed by atoms with E-state index in [0.717, 1.165) is 29.8 Å². The molecule has 0 saturated carbocycles. The minimum atomic E-state index is -0.349. The lowest BCUT2D eigenvalue weighted by Gasteiger charge is -2.27. The zero-order chi connectivity index (χ0) is 11.9. The molecule has 2 nitrogen and oxygen atoms in total. The number of anilines is 1. The number of rotatable bonds is 0. The Morgan fingerprint density at radius 3 is 2.62 bits per heavy atom. The molecule has 1 heterocycles. The van der Waals surface area contributed by atoms with Gasteiger partial charge < -0.3 is 5.73 Å². The fourth-order valence-corrected chi connectivity index (χ4v) is 2.08. The number of hydrogen-bond donors (Lipinski definition) is 1. The molecule has 0 fully saturated rings. The lowest BCUT2D eigenvalue weighted by molar-refractivity contribution is 0.583. The van der Waals surface area contributed by atoms with E-state index < -0.39 is 0 Å². The normalized spacial score (nSPS) is 15.6. The number of nitrogen functional groups attached to an aromatic ring is 1. The summed E-state index contributed by atoms with van der Waals surface area (Å²) < 4.78 is 13.5. The van der Waals surface area contributed by atoms with Crippen LogP contribution in [0.2, 0.25) is 0 Å². The first-order valence-corrected chi connectivity index (χ1v) is 5.53. The number of benzene rings is 1. The van der Waals surface area contributed by atoms with Gasteiger partial charge in [-0.2, -0.15) is 0 Å². The van der Waals surface area contributed by atoms with E-state index >= 15 is 0 Å². The fourth-order valence-electron chi connectivity index (χ4n) is 2.08. The summed E-state index contributed by atoms with van der Waals surface area (Å²) in [4.78, 5) is 4.52. The summed E-state index contributed by atoms with van der Waals surface area (Å²) in [5.41, 5.74) is 8.77. The van der Waals surface area contributed by atoms with E-state index in [0.29, 0.717) is 0 Å². The standard InChI is InChI=1S/C13H17FN2/c1-13(2,3)12-9-7-10(14)11(15)6-8(9)4-5-16-12/h6-7H,4-5,15H2,1-3H3. The smallest absolute Gasteiger partial charge is 0.146 e. The zero-order valence-corrected chi connectivity index (χ0v) is 9.97. The van der Waals surface area contributed by atoms with Crippen molar-refractivity contribution in [1.29, 1.82) is 0 Å². The molecule has 0 aliphatic carbocycles. The van der Waals surface area contributed by atoms with Gasteiger partial charge in [0.2, 0.25) is 0 Å². The highest BCUT2D eigenvalue weighted by atomic mass is 19.1. The number of aliphatic imine (C=N–C) groups is 1. The topological polar surface area (TPSA) is 38.4 Å². The molecule has 2 N–H and O–H groups in total. The molecule has 0 saturated heterocycles. The van der Waals surface area contributed by atoms with Gasteiger partial charge in [-0.05, 0) is 24.1 Å². The number of nitrogens with zero attached hydrogens (tertiary/aromatic N) is 1. The Morgan fingerprint density at radius 1 is 1.31 bits per heavy atom. The summed E-state index contributed by atoms with van der Waals surface area (Å²) in [6, 6.07) is 3.26. The molecule has 0 amide bonds. The highest BCUT2D eigenvalue weighted by Crippen LogP contribution is 2.29. The van der Waals surface area contributed by atoms with Crippen molar-refractivity contribution in [3.05, 3.63) is 29.1 Å². The largest absolute Gasteiger partial charge is 0.396 e. The van der Waals surface area contributed by atoms with Gasteiger partial charge in [-0.1, -0.05) is 20.8 Å². The molecule has 2 rings (SSSR count). The Balaban J connectivity index is 2.58. The molecule has 1 aromatic carbocycles. The van der Waals surface area contributed by atoms with Crippen molar-refractivity contribution in [1.82, 2.24) is 0 Å². The summed E-state index contributed by atoms with van der Waals surface area (Å²) in [7, 11) is 0. The van der Waals surface area contributed by atoms with Crippen LogP contribution in [-0.2, 0) is 6.42 Å². The van der Waals surface area contributed by atoms with Crippen LogP contribution >= 0.6 is 0 Å². The van der Waals surface area contributed by atoms with E-state index in [-0.39, 0.29) is 16.9 Å². The SMILES string of the molecule is CC(C)(C)C1=NCCc2cc(N)c(F)cc21. The first-order valence-electron chi connectivity index (χ1n) is 5.53.